The molecule has 7 nitrogen and oxygen atoms in total. The van der Waals surface area contributed by atoms with Crippen molar-refractivity contribution < 1.29 is 9.59 Å². The number of fused-ring (bicyclic) bond motifs is 1. The largest absolute Gasteiger partial charge is 0.371 e. The second-order valence-electron chi connectivity index (χ2n) is 7.87. The molecule has 0 radical (unpaired) electrons. The molecule has 28 heavy (non-hydrogen) atoms. The first-order chi connectivity index (χ1) is 13.4. The Kier molecular flexibility index (Phi) is 4.32. The zero-order chi connectivity index (χ0) is 19.9. The Morgan fingerprint density at radius 3 is 2.61 bits per heavy atom. The summed E-state index contributed by atoms with van der Waals surface area (Å²) in [5.74, 6) is -0.238. The number of hydrogen-bond acceptors (Lipinski definition) is 3. The average molecular weight is 375 g/mol. The molecule has 2 aromatic rings. The molecule has 2 aromatic carbocycles. The maximum Gasteiger partial charge on any atom is 0.249 e. The molecule has 4 rings (SSSR count). The van der Waals surface area contributed by atoms with Crippen LogP contribution < -0.4 is 9.80 Å². The molecule has 0 N–H and O–H groups in total. The smallest absolute Gasteiger partial charge is 0.249 e. The Bertz CT molecular complexity index is 989. The van der Waals surface area contributed by atoms with E-state index in [0.717, 1.165) is 24.3 Å². The van der Waals surface area contributed by atoms with E-state index in [1.807, 2.05) is 32.0 Å². The predicted molar refractivity (Wildman–Crippen MR) is 107 cm³/mol. The molecule has 0 aliphatic carbocycles. The fourth-order valence-corrected chi connectivity index (χ4v) is 4.05. The number of hydrogen-bond donors (Lipinski definition) is 0. The van der Waals surface area contributed by atoms with Crippen LogP contribution in [0, 0.1) is 5.92 Å². The summed E-state index contributed by atoms with van der Waals surface area (Å²) in [6.07, 6.45) is 0. The van der Waals surface area contributed by atoms with Crippen molar-refractivity contribution in [1.29, 1.82) is 0 Å². The van der Waals surface area contributed by atoms with E-state index >= 15 is 0 Å². The van der Waals surface area contributed by atoms with Gasteiger partial charge in [0.15, 0.2) is 0 Å². The van der Waals surface area contributed by atoms with E-state index in [-0.39, 0.29) is 5.91 Å². The minimum atomic E-state index is -0.641. The van der Waals surface area contributed by atoms with E-state index in [0.29, 0.717) is 18.0 Å². The van der Waals surface area contributed by atoms with Crippen molar-refractivity contribution >= 4 is 23.2 Å². The molecule has 0 saturated carbocycles. The standard InChI is InChI=1S/C21H21N5O2/c1-21(2)17-9-8-15(19(27)23-24-22)10-18(17)26(20(21)28)13-14-11-25(12-14)16-6-4-3-5-7-16/h3-10,14H,11-13H2,1-2H3. The molecule has 0 bridgehead atoms. The normalized spacial score (nSPS) is 17.7. The van der Waals surface area contributed by atoms with Crippen molar-refractivity contribution in [3.05, 3.63) is 70.1 Å². The molecule has 2 amide bonds. The Morgan fingerprint density at radius 2 is 1.93 bits per heavy atom. The highest BCUT2D eigenvalue weighted by Crippen LogP contribution is 2.43. The summed E-state index contributed by atoms with van der Waals surface area (Å²) < 4.78 is 0. The number of carbonyl (C=O) groups is 2. The van der Waals surface area contributed by atoms with Crippen molar-refractivity contribution in [2.24, 2.45) is 11.0 Å². The average Bonchev–Trinajstić information content (AvgIpc) is 2.85. The summed E-state index contributed by atoms with van der Waals surface area (Å²) in [6.45, 7) is 6.19. The van der Waals surface area contributed by atoms with E-state index in [1.54, 1.807) is 23.1 Å². The molecule has 2 aliphatic heterocycles. The molecular weight excluding hydrogens is 354 g/mol. The van der Waals surface area contributed by atoms with Gasteiger partial charge in [-0.3, -0.25) is 9.59 Å². The van der Waals surface area contributed by atoms with Crippen LogP contribution in [0.2, 0.25) is 0 Å². The van der Waals surface area contributed by atoms with Crippen LogP contribution in [-0.4, -0.2) is 31.4 Å². The van der Waals surface area contributed by atoms with Gasteiger partial charge in [-0.15, -0.1) is 0 Å². The lowest BCUT2D eigenvalue weighted by atomic mass is 9.86. The van der Waals surface area contributed by atoms with E-state index in [2.05, 4.69) is 27.1 Å². The fraction of sp³-hybridized carbons (Fsp3) is 0.333. The molecule has 1 fully saturated rings. The summed E-state index contributed by atoms with van der Waals surface area (Å²) in [6, 6.07) is 15.3. The van der Waals surface area contributed by atoms with Gasteiger partial charge in [0, 0.05) is 47.4 Å². The zero-order valence-electron chi connectivity index (χ0n) is 15.9. The molecule has 7 heteroatoms. The first kappa shape index (κ1) is 18.1. The van der Waals surface area contributed by atoms with Gasteiger partial charge in [0.05, 0.1) is 5.41 Å². The van der Waals surface area contributed by atoms with Gasteiger partial charge in [0.2, 0.25) is 11.8 Å². The highest BCUT2D eigenvalue weighted by molar-refractivity contribution is 6.09. The van der Waals surface area contributed by atoms with Crippen molar-refractivity contribution in [1.82, 2.24) is 0 Å². The summed E-state index contributed by atoms with van der Waals surface area (Å²) in [4.78, 5) is 31.7. The second-order valence-corrected chi connectivity index (χ2v) is 7.87. The van der Waals surface area contributed by atoms with Gasteiger partial charge in [0.1, 0.15) is 0 Å². The van der Waals surface area contributed by atoms with Gasteiger partial charge in [-0.1, -0.05) is 30.3 Å². The lowest BCUT2D eigenvalue weighted by Gasteiger charge is -2.42. The van der Waals surface area contributed by atoms with Gasteiger partial charge in [0.25, 0.3) is 0 Å². The number of para-hydroxylation sites is 1. The highest BCUT2D eigenvalue weighted by Gasteiger charge is 2.45. The number of carbonyl (C=O) groups excluding carboxylic acids is 2. The molecule has 0 atom stereocenters. The topological polar surface area (TPSA) is 89.4 Å². The Morgan fingerprint density at radius 1 is 1.21 bits per heavy atom. The summed E-state index contributed by atoms with van der Waals surface area (Å²) in [5.41, 5.74) is 11.0. The lowest BCUT2D eigenvalue weighted by molar-refractivity contribution is -0.122. The van der Waals surface area contributed by atoms with Crippen LogP contribution in [0.4, 0.5) is 11.4 Å². The lowest BCUT2D eigenvalue weighted by Crippen LogP contribution is -2.53. The first-order valence-electron chi connectivity index (χ1n) is 9.27. The predicted octanol–water partition coefficient (Wildman–Crippen LogP) is 3.90. The first-order valence-corrected chi connectivity index (χ1v) is 9.27. The van der Waals surface area contributed by atoms with Crippen LogP contribution in [0.3, 0.4) is 0 Å². The maximum atomic E-state index is 13.1. The summed E-state index contributed by atoms with van der Waals surface area (Å²) >= 11 is 0. The third-order valence-corrected chi connectivity index (χ3v) is 5.64. The summed E-state index contributed by atoms with van der Waals surface area (Å²) in [7, 11) is 0. The molecule has 2 heterocycles. The van der Waals surface area contributed by atoms with Crippen LogP contribution in [0.25, 0.3) is 10.4 Å². The Hall–Kier alpha value is -3.31. The number of anilines is 2. The van der Waals surface area contributed by atoms with Crippen LogP contribution in [0.5, 0.6) is 0 Å². The SMILES string of the molecule is CC1(C)C(=O)N(CC2CN(c3ccccc3)C2)c2cc(C(=O)N=[N+]=[N-])ccc21. The second kappa shape index (κ2) is 6.69. The molecule has 0 unspecified atom stereocenters. The van der Waals surface area contributed by atoms with E-state index in [9.17, 15) is 9.59 Å². The number of rotatable bonds is 4. The van der Waals surface area contributed by atoms with E-state index in [4.69, 9.17) is 5.53 Å². The zero-order valence-corrected chi connectivity index (χ0v) is 15.9. The minimum absolute atomic E-state index is 0.0362. The fourth-order valence-electron chi connectivity index (χ4n) is 4.05. The number of nitrogens with zero attached hydrogens (tertiary/aromatic N) is 5. The maximum absolute atomic E-state index is 13.1. The van der Waals surface area contributed by atoms with Gasteiger partial charge in [-0.05, 0) is 48.3 Å². The molecule has 1 saturated heterocycles. The van der Waals surface area contributed by atoms with Crippen molar-refractivity contribution in [2.75, 3.05) is 29.4 Å². The Labute approximate surface area is 163 Å². The van der Waals surface area contributed by atoms with Gasteiger partial charge >= 0.3 is 0 Å². The molecule has 0 aromatic heterocycles. The molecule has 0 spiro atoms. The van der Waals surface area contributed by atoms with Gasteiger partial charge < -0.3 is 9.80 Å². The van der Waals surface area contributed by atoms with E-state index in [1.165, 1.54) is 5.69 Å². The molecule has 142 valence electrons. The van der Waals surface area contributed by atoms with Crippen LogP contribution in [-0.2, 0) is 10.2 Å². The van der Waals surface area contributed by atoms with E-state index < -0.39 is 11.3 Å². The van der Waals surface area contributed by atoms with Crippen molar-refractivity contribution in [3.63, 3.8) is 0 Å². The molecule has 2 aliphatic rings. The molecular formula is C21H21N5O2. The monoisotopic (exact) mass is 375 g/mol. The highest BCUT2D eigenvalue weighted by atomic mass is 16.2. The summed E-state index contributed by atoms with van der Waals surface area (Å²) in [5, 5.41) is 3.16. The van der Waals surface area contributed by atoms with Crippen LogP contribution in [0.15, 0.2) is 53.6 Å². The number of amides is 2. The third kappa shape index (κ3) is 2.90. The van der Waals surface area contributed by atoms with Crippen molar-refractivity contribution in [3.8, 4) is 0 Å². The number of benzene rings is 2. The quantitative estimate of drug-likeness (QED) is 0.461. The third-order valence-electron chi connectivity index (χ3n) is 5.64. The van der Waals surface area contributed by atoms with Gasteiger partial charge in [-0.25, -0.2) is 0 Å². The van der Waals surface area contributed by atoms with Crippen LogP contribution >= 0.6 is 0 Å². The van der Waals surface area contributed by atoms with Crippen LogP contribution in [0.1, 0.15) is 29.8 Å². The minimum Gasteiger partial charge on any atom is -0.371 e. The number of azide groups is 1. The van der Waals surface area contributed by atoms with Crippen molar-refractivity contribution in [2.45, 2.75) is 19.3 Å². The Balaban J connectivity index is 1.55. The van der Waals surface area contributed by atoms with Gasteiger partial charge in [-0.2, -0.15) is 0 Å².